The van der Waals surface area contributed by atoms with E-state index in [2.05, 4.69) is 24.5 Å². The highest BCUT2D eigenvalue weighted by atomic mass is 16.2. The Morgan fingerprint density at radius 1 is 0.704 bits per heavy atom. The molecule has 0 spiro atoms. The molecular weight excluding hydrogens is 683 g/mol. The van der Waals surface area contributed by atoms with E-state index in [1.165, 1.54) is 0 Å². The predicted molar refractivity (Wildman–Crippen MR) is 211 cm³/mol. The molecule has 2 aromatic rings. The lowest BCUT2D eigenvalue weighted by molar-refractivity contribution is -0.147. The molecule has 7 atom stereocenters. The minimum Gasteiger partial charge on any atom is -0.368 e. The molecule has 12 nitrogen and oxygen atoms in total. The summed E-state index contributed by atoms with van der Waals surface area (Å²) in [4.78, 5) is 75.6. The van der Waals surface area contributed by atoms with Crippen molar-refractivity contribution in [3.8, 4) is 0 Å². The van der Waals surface area contributed by atoms with Crippen LogP contribution in [0.2, 0.25) is 0 Å². The number of unbranched alkanes of at least 4 members (excludes halogenated alkanes) is 1. The van der Waals surface area contributed by atoms with Gasteiger partial charge in [0.05, 0.1) is 12.1 Å². The molecule has 0 fully saturated rings. The van der Waals surface area contributed by atoms with Gasteiger partial charge in [-0.3, -0.25) is 33.8 Å². The predicted octanol–water partition coefficient (Wildman–Crippen LogP) is 3.10. The first-order valence-electron chi connectivity index (χ1n) is 19.6. The number of amides is 5. The van der Waals surface area contributed by atoms with Crippen LogP contribution in [0.1, 0.15) is 82.1 Å². The Morgan fingerprint density at radius 3 is 1.54 bits per heavy atom. The van der Waals surface area contributed by atoms with Crippen molar-refractivity contribution in [2.45, 2.75) is 116 Å². The van der Waals surface area contributed by atoms with Crippen molar-refractivity contribution in [2.24, 2.45) is 17.6 Å². The van der Waals surface area contributed by atoms with Crippen LogP contribution in [0.5, 0.6) is 0 Å². The number of rotatable bonds is 17. The van der Waals surface area contributed by atoms with Crippen molar-refractivity contribution in [2.75, 3.05) is 34.7 Å². The van der Waals surface area contributed by atoms with Crippen LogP contribution in [0.4, 0.5) is 0 Å². The summed E-state index contributed by atoms with van der Waals surface area (Å²) in [6.45, 7) is 9.24. The molecule has 0 radical (unpaired) electrons. The van der Waals surface area contributed by atoms with Crippen LogP contribution < -0.4 is 16.4 Å². The SMILES string of the molecule is CC[C@H](C)[C@@H](C(=O)N1Cc2ccccc2C[C@H]1C(=O)NCCCC[C@H](NC(=O)[C@@H]1Cc2ccccc2CN1C(=O)[C@H]([C@@H](C)CC)N(C)C)C(N)=O)N(C)C. The Bertz CT molecular complexity index is 1630. The molecule has 12 heteroatoms. The van der Waals surface area contributed by atoms with Gasteiger partial charge in [-0.2, -0.15) is 0 Å². The molecule has 0 saturated carbocycles. The molecule has 2 aliphatic rings. The third-order valence-corrected chi connectivity index (χ3v) is 11.5. The van der Waals surface area contributed by atoms with E-state index in [9.17, 15) is 24.0 Å². The van der Waals surface area contributed by atoms with Gasteiger partial charge in [-0.25, -0.2) is 0 Å². The highest BCUT2D eigenvalue weighted by molar-refractivity contribution is 5.93. The number of hydrogen-bond acceptors (Lipinski definition) is 7. The molecule has 2 aromatic carbocycles. The Morgan fingerprint density at radius 2 is 1.13 bits per heavy atom. The number of nitrogens with one attached hydrogen (secondary N) is 2. The first-order chi connectivity index (χ1) is 25.7. The minimum atomic E-state index is -0.937. The molecule has 0 saturated heterocycles. The molecule has 0 aromatic heterocycles. The van der Waals surface area contributed by atoms with Crippen LogP contribution in [0.3, 0.4) is 0 Å². The van der Waals surface area contributed by atoms with Gasteiger partial charge in [-0.1, -0.05) is 89.1 Å². The zero-order valence-corrected chi connectivity index (χ0v) is 33.6. The fourth-order valence-electron chi connectivity index (χ4n) is 8.07. The second kappa shape index (κ2) is 19.3. The summed E-state index contributed by atoms with van der Waals surface area (Å²) >= 11 is 0. The number of fused-ring (bicyclic) bond motifs is 2. The Hall–Kier alpha value is -4.29. The first-order valence-corrected chi connectivity index (χ1v) is 19.6. The number of hydrogen-bond donors (Lipinski definition) is 3. The largest absolute Gasteiger partial charge is 0.368 e. The van der Waals surface area contributed by atoms with Crippen LogP contribution in [-0.2, 0) is 49.9 Å². The maximum Gasteiger partial charge on any atom is 0.243 e. The lowest BCUT2D eigenvalue weighted by Crippen LogP contribution is -2.60. The number of benzene rings is 2. The van der Waals surface area contributed by atoms with Crippen molar-refractivity contribution in [3.63, 3.8) is 0 Å². The number of nitrogens with two attached hydrogens (primary N) is 1. The number of likely N-dealkylation sites (N-methyl/N-ethyl adjacent to an activating group) is 2. The van der Waals surface area contributed by atoms with E-state index >= 15 is 0 Å². The molecule has 0 unspecified atom stereocenters. The standard InChI is InChI=1S/C42H63N7O5/c1-9-27(3)36(46(5)6)41(53)48-25-31-19-13-11-17-29(31)23-34(48)39(51)44-22-16-15-21-33(38(43)50)45-40(52)35-24-30-18-12-14-20-32(30)26-49(35)42(54)37(47(7)8)28(4)10-2/h11-14,17-20,27-28,33-37H,9-10,15-16,21-26H2,1-8H3,(H2,43,50)(H,44,51)(H,45,52)/t27-,28-,33-,34-,35-,36-,37-/m0/s1. The Balaban J connectivity index is 1.39. The highest BCUT2D eigenvalue weighted by Gasteiger charge is 2.41. The van der Waals surface area contributed by atoms with Crippen LogP contribution in [0.15, 0.2) is 48.5 Å². The average molecular weight is 746 g/mol. The molecule has 296 valence electrons. The molecule has 4 N–H and O–H groups in total. The zero-order chi connectivity index (χ0) is 39.7. The quantitative estimate of drug-likeness (QED) is 0.211. The maximum atomic E-state index is 14.1. The summed E-state index contributed by atoms with van der Waals surface area (Å²) in [6, 6.07) is 12.6. The Kier molecular flexibility index (Phi) is 15.2. The van der Waals surface area contributed by atoms with Gasteiger partial charge in [0.25, 0.3) is 0 Å². The van der Waals surface area contributed by atoms with E-state index in [0.717, 1.165) is 35.1 Å². The molecule has 4 rings (SSSR count). The monoisotopic (exact) mass is 745 g/mol. The van der Waals surface area contributed by atoms with Gasteiger partial charge >= 0.3 is 0 Å². The lowest BCUT2D eigenvalue weighted by Gasteiger charge is -2.41. The molecule has 0 aliphatic carbocycles. The van der Waals surface area contributed by atoms with Crippen molar-refractivity contribution in [1.82, 2.24) is 30.2 Å². The molecule has 54 heavy (non-hydrogen) atoms. The second-order valence-corrected chi connectivity index (χ2v) is 15.7. The van der Waals surface area contributed by atoms with Crippen LogP contribution in [0.25, 0.3) is 0 Å². The second-order valence-electron chi connectivity index (χ2n) is 15.7. The highest BCUT2D eigenvalue weighted by Crippen LogP contribution is 2.28. The third-order valence-electron chi connectivity index (χ3n) is 11.5. The zero-order valence-electron chi connectivity index (χ0n) is 33.6. The summed E-state index contributed by atoms with van der Waals surface area (Å²) in [7, 11) is 7.57. The lowest BCUT2D eigenvalue weighted by atomic mass is 9.90. The van der Waals surface area contributed by atoms with Crippen molar-refractivity contribution >= 4 is 29.5 Å². The Labute approximate surface area is 322 Å². The summed E-state index contributed by atoms with van der Waals surface area (Å²) in [5.41, 5.74) is 9.91. The maximum absolute atomic E-state index is 14.1. The minimum absolute atomic E-state index is 0.0529. The van der Waals surface area contributed by atoms with Crippen molar-refractivity contribution in [1.29, 1.82) is 0 Å². The van der Waals surface area contributed by atoms with Crippen molar-refractivity contribution < 1.29 is 24.0 Å². The molecule has 2 aliphatic heterocycles. The fourth-order valence-corrected chi connectivity index (χ4v) is 8.07. The first kappa shape index (κ1) is 42.5. The summed E-state index contributed by atoms with van der Waals surface area (Å²) in [6.07, 6.45) is 3.74. The van der Waals surface area contributed by atoms with Gasteiger partial charge in [0.2, 0.25) is 29.5 Å². The van der Waals surface area contributed by atoms with E-state index in [-0.39, 0.29) is 42.0 Å². The number of carbonyl (C=O) groups is 5. The molecule has 2 heterocycles. The molecule has 0 bridgehead atoms. The third kappa shape index (κ3) is 10.1. The summed E-state index contributed by atoms with van der Waals surface area (Å²) in [5, 5.41) is 5.91. The van der Waals surface area contributed by atoms with E-state index in [0.29, 0.717) is 45.3 Å². The fraction of sp³-hybridized carbons (Fsp3) is 0.595. The van der Waals surface area contributed by atoms with E-state index < -0.39 is 36.0 Å². The normalized spacial score (nSPS) is 19.6. The summed E-state index contributed by atoms with van der Waals surface area (Å²) < 4.78 is 0. The average Bonchev–Trinajstić information content (AvgIpc) is 3.15. The number of carbonyl (C=O) groups excluding carboxylic acids is 5. The molecular formula is C42H63N7O5. The van der Waals surface area contributed by atoms with E-state index in [4.69, 9.17) is 5.73 Å². The van der Waals surface area contributed by atoms with Gasteiger partial charge < -0.3 is 26.2 Å². The topological polar surface area (TPSA) is 148 Å². The smallest absolute Gasteiger partial charge is 0.243 e. The van der Waals surface area contributed by atoms with Gasteiger partial charge in [0, 0.05) is 32.5 Å². The van der Waals surface area contributed by atoms with Gasteiger partial charge in [-0.05, 0) is 81.5 Å². The van der Waals surface area contributed by atoms with Gasteiger partial charge in [-0.15, -0.1) is 0 Å². The van der Waals surface area contributed by atoms with Gasteiger partial charge in [0.1, 0.15) is 18.1 Å². The van der Waals surface area contributed by atoms with Crippen molar-refractivity contribution in [3.05, 3.63) is 70.8 Å². The van der Waals surface area contributed by atoms with Gasteiger partial charge in [0.15, 0.2) is 0 Å². The number of primary amides is 1. The van der Waals surface area contributed by atoms with Crippen LogP contribution in [-0.4, -0.2) is 114 Å². The molecule has 5 amide bonds. The summed E-state index contributed by atoms with van der Waals surface area (Å²) in [5.74, 6) is -1.26. The van der Waals surface area contributed by atoms with Crippen LogP contribution >= 0.6 is 0 Å². The number of nitrogens with zero attached hydrogens (tertiary/aromatic N) is 4. The van der Waals surface area contributed by atoms with E-state index in [1.807, 2.05) is 100 Å². The van der Waals surface area contributed by atoms with E-state index in [1.54, 1.807) is 9.80 Å². The van der Waals surface area contributed by atoms with Crippen LogP contribution in [0, 0.1) is 11.8 Å².